The average Bonchev–Trinajstić information content (AvgIpc) is 2.65. The summed E-state index contributed by atoms with van der Waals surface area (Å²) >= 11 is 1.48. The Labute approximate surface area is 167 Å². The van der Waals surface area contributed by atoms with Crippen molar-refractivity contribution in [3.05, 3.63) is 39.2 Å². The molecule has 28 heavy (non-hydrogen) atoms. The van der Waals surface area contributed by atoms with E-state index in [2.05, 4.69) is 5.32 Å². The minimum absolute atomic E-state index is 0.265. The second kappa shape index (κ2) is 9.14. The standard InChI is InChI=1S/C20H25NO6S/c1-10-11(2)20(25)27-17-12(3)16(7-6-14(10)17)26-13(4)18(22)21-15(19(23)24)8-9-28-5/h6-7,13,15H,8-9H2,1-5H3,(H,21,22)(H,23,24)/p-1/t13-,15-/m0/s1. The lowest BCUT2D eigenvalue weighted by Crippen LogP contribution is -2.51. The maximum atomic E-state index is 12.3. The molecule has 0 spiro atoms. The molecule has 7 nitrogen and oxygen atoms in total. The Morgan fingerprint density at radius 3 is 2.50 bits per heavy atom. The van der Waals surface area contributed by atoms with Crippen LogP contribution in [0.2, 0.25) is 0 Å². The normalized spacial score (nSPS) is 13.2. The number of amides is 1. The van der Waals surface area contributed by atoms with Crippen molar-refractivity contribution in [1.29, 1.82) is 0 Å². The van der Waals surface area contributed by atoms with Gasteiger partial charge in [-0.05, 0) is 63.8 Å². The van der Waals surface area contributed by atoms with Gasteiger partial charge in [-0.3, -0.25) is 4.79 Å². The summed E-state index contributed by atoms with van der Waals surface area (Å²) in [6.45, 7) is 6.82. The number of rotatable bonds is 8. The fourth-order valence-corrected chi connectivity index (χ4v) is 3.24. The van der Waals surface area contributed by atoms with Gasteiger partial charge in [-0.2, -0.15) is 11.8 Å². The monoisotopic (exact) mass is 406 g/mol. The topological polar surface area (TPSA) is 109 Å². The van der Waals surface area contributed by atoms with Crippen LogP contribution in [0.1, 0.15) is 30.0 Å². The zero-order chi connectivity index (χ0) is 21.0. The van der Waals surface area contributed by atoms with Gasteiger partial charge in [0, 0.05) is 16.5 Å². The highest BCUT2D eigenvalue weighted by molar-refractivity contribution is 7.98. The molecule has 1 N–H and O–H groups in total. The molecule has 0 saturated heterocycles. The van der Waals surface area contributed by atoms with E-state index in [1.54, 1.807) is 26.0 Å². The molecule has 1 aromatic heterocycles. The molecule has 0 fully saturated rings. The third-order valence-corrected chi connectivity index (χ3v) is 5.35. The van der Waals surface area contributed by atoms with E-state index >= 15 is 0 Å². The molecular weight excluding hydrogens is 382 g/mol. The van der Waals surface area contributed by atoms with Crippen LogP contribution in [0.5, 0.6) is 5.75 Å². The predicted molar refractivity (Wildman–Crippen MR) is 107 cm³/mol. The first-order valence-corrected chi connectivity index (χ1v) is 10.3. The van der Waals surface area contributed by atoms with E-state index in [-0.39, 0.29) is 6.42 Å². The van der Waals surface area contributed by atoms with Crippen LogP contribution in [0.15, 0.2) is 21.3 Å². The summed E-state index contributed by atoms with van der Waals surface area (Å²) in [7, 11) is 0. The molecule has 0 aliphatic heterocycles. The molecule has 0 saturated carbocycles. The van der Waals surface area contributed by atoms with Crippen molar-refractivity contribution in [1.82, 2.24) is 5.32 Å². The summed E-state index contributed by atoms with van der Waals surface area (Å²) in [5, 5.41) is 14.4. The first-order chi connectivity index (χ1) is 13.2. The Kier molecular flexibility index (Phi) is 7.12. The van der Waals surface area contributed by atoms with Crippen LogP contribution in [0.4, 0.5) is 0 Å². The number of carbonyl (C=O) groups is 2. The van der Waals surface area contributed by atoms with Crippen LogP contribution in [-0.2, 0) is 9.59 Å². The van der Waals surface area contributed by atoms with E-state index in [1.165, 1.54) is 18.7 Å². The highest BCUT2D eigenvalue weighted by Crippen LogP contribution is 2.29. The maximum Gasteiger partial charge on any atom is 0.339 e. The van der Waals surface area contributed by atoms with Crippen LogP contribution in [0.25, 0.3) is 11.0 Å². The molecule has 0 aliphatic carbocycles. The lowest BCUT2D eigenvalue weighted by atomic mass is 10.0. The van der Waals surface area contributed by atoms with E-state index in [4.69, 9.17) is 9.15 Å². The number of nitrogens with one attached hydrogen (secondary N) is 1. The average molecular weight is 406 g/mol. The van der Waals surface area contributed by atoms with Crippen molar-refractivity contribution in [2.45, 2.75) is 46.3 Å². The predicted octanol–water partition coefficient (Wildman–Crippen LogP) is 1.47. The van der Waals surface area contributed by atoms with Crippen molar-refractivity contribution >= 4 is 34.6 Å². The van der Waals surface area contributed by atoms with Gasteiger partial charge in [0.25, 0.3) is 5.91 Å². The lowest BCUT2D eigenvalue weighted by Gasteiger charge is -2.22. The summed E-state index contributed by atoms with van der Waals surface area (Å²) in [6.07, 6.45) is 1.18. The van der Waals surface area contributed by atoms with Crippen LogP contribution in [0, 0.1) is 20.8 Å². The number of aliphatic carboxylic acids is 1. The minimum atomic E-state index is -1.33. The number of carbonyl (C=O) groups excluding carboxylic acids is 2. The molecule has 0 unspecified atom stereocenters. The van der Waals surface area contributed by atoms with Gasteiger partial charge in [0.05, 0.1) is 12.0 Å². The first-order valence-electron chi connectivity index (χ1n) is 8.87. The van der Waals surface area contributed by atoms with Crippen LogP contribution in [0.3, 0.4) is 0 Å². The van der Waals surface area contributed by atoms with E-state index in [9.17, 15) is 19.5 Å². The fourth-order valence-electron chi connectivity index (χ4n) is 2.77. The molecule has 1 amide bonds. The van der Waals surface area contributed by atoms with Crippen LogP contribution < -0.4 is 20.8 Å². The molecule has 2 rings (SSSR count). The number of benzene rings is 1. The summed E-state index contributed by atoms with van der Waals surface area (Å²) in [5.74, 6) is -0.924. The third-order valence-electron chi connectivity index (χ3n) is 4.71. The number of carboxylic acid groups (broad SMARTS) is 1. The molecular formula is C20H24NO6S-. The molecule has 1 aromatic carbocycles. The minimum Gasteiger partial charge on any atom is -0.548 e. The zero-order valence-corrected chi connectivity index (χ0v) is 17.4. The van der Waals surface area contributed by atoms with Crippen molar-refractivity contribution in [2.24, 2.45) is 0 Å². The summed E-state index contributed by atoms with van der Waals surface area (Å²) in [5.41, 5.74) is 1.97. The molecule has 2 atom stereocenters. The SMILES string of the molecule is CSCC[C@H](NC(=O)[C@H](C)Oc1ccc2c(C)c(C)c(=O)oc2c1C)C(=O)[O-]. The van der Waals surface area contributed by atoms with Crippen molar-refractivity contribution in [2.75, 3.05) is 12.0 Å². The number of hydrogen-bond donors (Lipinski definition) is 1. The van der Waals surface area contributed by atoms with E-state index in [1.807, 2.05) is 13.2 Å². The smallest absolute Gasteiger partial charge is 0.339 e. The Balaban J connectivity index is 2.22. The van der Waals surface area contributed by atoms with E-state index in [0.29, 0.717) is 28.2 Å². The van der Waals surface area contributed by atoms with Gasteiger partial charge in [-0.1, -0.05) is 0 Å². The molecule has 8 heteroatoms. The summed E-state index contributed by atoms with van der Waals surface area (Å²) < 4.78 is 11.1. The number of fused-ring (bicyclic) bond motifs is 1. The number of aryl methyl sites for hydroxylation is 2. The second-order valence-electron chi connectivity index (χ2n) is 6.63. The van der Waals surface area contributed by atoms with Gasteiger partial charge < -0.3 is 24.4 Å². The first kappa shape index (κ1) is 21.8. The Morgan fingerprint density at radius 2 is 1.89 bits per heavy atom. The van der Waals surface area contributed by atoms with Gasteiger partial charge >= 0.3 is 5.63 Å². The Bertz CT molecular complexity index is 952. The number of carboxylic acids is 1. The highest BCUT2D eigenvalue weighted by atomic mass is 32.2. The number of ether oxygens (including phenoxy) is 1. The van der Waals surface area contributed by atoms with Gasteiger partial charge in [0.15, 0.2) is 6.10 Å². The zero-order valence-electron chi connectivity index (χ0n) is 16.6. The quantitative estimate of drug-likeness (QED) is 0.661. The molecule has 152 valence electrons. The number of thioether (sulfide) groups is 1. The summed E-state index contributed by atoms with van der Waals surface area (Å²) in [6, 6.07) is 2.40. The molecule has 0 bridgehead atoms. The maximum absolute atomic E-state index is 12.3. The Hall–Kier alpha value is -2.48. The molecule has 0 aliphatic rings. The van der Waals surface area contributed by atoms with Gasteiger partial charge in [0.2, 0.25) is 0 Å². The highest BCUT2D eigenvalue weighted by Gasteiger charge is 2.21. The van der Waals surface area contributed by atoms with Crippen molar-refractivity contribution in [3.63, 3.8) is 0 Å². The largest absolute Gasteiger partial charge is 0.548 e. The molecule has 2 aromatic rings. The number of hydrogen-bond acceptors (Lipinski definition) is 7. The van der Waals surface area contributed by atoms with E-state index in [0.717, 1.165) is 10.9 Å². The van der Waals surface area contributed by atoms with Crippen molar-refractivity contribution < 1.29 is 23.8 Å². The van der Waals surface area contributed by atoms with Gasteiger partial charge in [-0.25, -0.2) is 4.79 Å². The van der Waals surface area contributed by atoms with Crippen LogP contribution in [-0.4, -0.2) is 36.0 Å². The van der Waals surface area contributed by atoms with Gasteiger partial charge in [0.1, 0.15) is 11.3 Å². The fraction of sp³-hybridized carbons (Fsp3) is 0.450. The lowest BCUT2D eigenvalue weighted by molar-refractivity contribution is -0.308. The molecule has 0 radical (unpaired) electrons. The second-order valence-corrected chi connectivity index (χ2v) is 7.61. The van der Waals surface area contributed by atoms with Gasteiger partial charge in [-0.15, -0.1) is 0 Å². The van der Waals surface area contributed by atoms with Crippen LogP contribution >= 0.6 is 11.8 Å². The third kappa shape index (κ3) is 4.67. The van der Waals surface area contributed by atoms with E-state index < -0.39 is 29.6 Å². The molecule has 1 heterocycles. The Morgan fingerprint density at radius 1 is 1.21 bits per heavy atom. The summed E-state index contributed by atoms with van der Waals surface area (Å²) in [4.78, 5) is 35.5. The van der Waals surface area contributed by atoms with Crippen molar-refractivity contribution in [3.8, 4) is 5.75 Å².